The summed E-state index contributed by atoms with van der Waals surface area (Å²) < 4.78 is 11.1. The van der Waals surface area contributed by atoms with Gasteiger partial charge in [-0.15, -0.1) is 11.8 Å². The fourth-order valence-electron chi connectivity index (χ4n) is 3.72. The largest absolute Gasteiger partial charge is 0.497 e. The molecule has 0 bridgehead atoms. The maximum atomic E-state index is 12.3. The van der Waals surface area contributed by atoms with Crippen molar-refractivity contribution in [2.24, 2.45) is 11.8 Å². The predicted molar refractivity (Wildman–Crippen MR) is 113 cm³/mol. The summed E-state index contributed by atoms with van der Waals surface area (Å²) in [5.41, 5.74) is 1.77. The molecule has 1 fully saturated rings. The molecule has 1 aromatic carbocycles. The Balaban J connectivity index is 1.52. The van der Waals surface area contributed by atoms with Crippen molar-refractivity contribution in [2.45, 2.75) is 51.8 Å². The second kappa shape index (κ2) is 9.50. The molecule has 0 aliphatic heterocycles. The summed E-state index contributed by atoms with van der Waals surface area (Å²) in [6.45, 7) is 6.45. The van der Waals surface area contributed by atoms with E-state index in [1.807, 2.05) is 31.2 Å². The molecule has 3 atom stereocenters. The highest BCUT2D eigenvalue weighted by Crippen LogP contribution is 2.30. The Hall–Kier alpha value is -1.95. The lowest BCUT2D eigenvalue weighted by atomic mass is 9.78. The quantitative estimate of drug-likeness (QED) is 0.718. The minimum absolute atomic E-state index is 0.116. The van der Waals surface area contributed by atoms with Crippen molar-refractivity contribution in [3.63, 3.8) is 0 Å². The molecule has 1 saturated carbocycles. The lowest BCUT2D eigenvalue weighted by Crippen LogP contribution is -2.44. The molecule has 1 aromatic heterocycles. The van der Waals surface area contributed by atoms with E-state index in [2.05, 4.69) is 24.1 Å². The molecule has 0 saturated heterocycles. The molecule has 5 nitrogen and oxygen atoms in total. The summed E-state index contributed by atoms with van der Waals surface area (Å²) >= 11 is 1.58. The number of hydrogen-bond acceptors (Lipinski definition) is 5. The van der Waals surface area contributed by atoms with E-state index in [-0.39, 0.29) is 5.91 Å². The van der Waals surface area contributed by atoms with Crippen molar-refractivity contribution in [2.75, 3.05) is 12.9 Å². The Morgan fingerprint density at radius 1 is 1.36 bits per heavy atom. The Morgan fingerprint density at radius 2 is 2.18 bits per heavy atom. The molecule has 1 aliphatic carbocycles. The van der Waals surface area contributed by atoms with Crippen LogP contribution in [-0.2, 0) is 10.5 Å². The highest BCUT2D eigenvalue weighted by atomic mass is 32.2. The number of nitrogens with zero attached hydrogens (tertiary/aromatic N) is 1. The second-order valence-corrected chi connectivity index (χ2v) is 8.67. The maximum absolute atomic E-state index is 12.3. The number of thioether (sulfide) groups is 1. The Morgan fingerprint density at radius 3 is 2.96 bits per heavy atom. The van der Waals surface area contributed by atoms with Gasteiger partial charge in [0.25, 0.3) is 0 Å². The van der Waals surface area contributed by atoms with E-state index in [9.17, 15) is 4.79 Å². The van der Waals surface area contributed by atoms with Crippen molar-refractivity contribution in [3.05, 3.63) is 35.7 Å². The molecular formula is C22H30N2O3S. The highest BCUT2D eigenvalue weighted by Gasteiger charge is 2.28. The number of aryl methyl sites for hydroxylation is 1. The molecule has 2 aromatic rings. The average Bonchev–Trinajstić information content (AvgIpc) is 3.06. The number of amides is 1. The Labute approximate surface area is 171 Å². The maximum Gasteiger partial charge on any atom is 0.230 e. The van der Waals surface area contributed by atoms with Crippen molar-refractivity contribution in [1.29, 1.82) is 0 Å². The second-order valence-electron chi connectivity index (χ2n) is 7.69. The number of oxazole rings is 1. The first-order valence-electron chi connectivity index (χ1n) is 9.95. The van der Waals surface area contributed by atoms with Crippen LogP contribution in [0.25, 0.3) is 11.5 Å². The first-order chi connectivity index (χ1) is 13.5. The third-order valence-electron chi connectivity index (χ3n) is 5.73. The molecule has 1 N–H and O–H groups in total. The summed E-state index contributed by atoms with van der Waals surface area (Å²) in [4.78, 5) is 17.0. The zero-order valence-corrected chi connectivity index (χ0v) is 18.0. The lowest BCUT2D eigenvalue weighted by molar-refractivity contribution is -0.119. The Kier molecular flexibility index (Phi) is 7.05. The minimum atomic E-state index is 0.116. The van der Waals surface area contributed by atoms with Gasteiger partial charge in [-0.2, -0.15) is 0 Å². The first-order valence-corrected chi connectivity index (χ1v) is 11.1. The molecule has 6 heteroatoms. The van der Waals surface area contributed by atoms with E-state index in [4.69, 9.17) is 9.15 Å². The predicted octanol–water partition coefficient (Wildman–Crippen LogP) is 4.83. The summed E-state index contributed by atoms with van der Waals surface area (Å²) in [6.07, 6.45) is 3.56. The van der Waals surface area contributed by atoms with Crippen LogP contribution in [0.15, 0.2) is 28.7 Å². The van der Waals surface area contributed by atoms with Crippen LogP contribution in [0.4, 0.5) is 0 Å². The summed E-state index contributed by atoms with van der Waals surface area (Å²) in [5.74, 6) is 4.59. The van der Waals surface area contributed by atoms with Crippen molar-refractivity contribution in [1.82, 2.24) is 10.3 Å². The fourth-order valence-corrected chi connectivity index (χ4v) is 4.55. The molecule has 1 heterocycles. The van der Waals surface area contributed by atoms with Crippen LogP contribution in [0.5, 0.6) is 5.75 Å². The molecule has 3 rings (SSSR count). The zero-order valence-electron chi connectivity index (χ0n) is 17.2. The van der Waals surface area contributed by atoms with E-state index >= 15 is 0 Å². The fraction of sp³-hybridized carbons (Fsp3) is 0.545. The first kappa shape index (κ1) is 20.8. The van der Waals surface area contributed by atoms with Crippen LogP contribution in [0, 0.1) is 18.8 Å². The zero-order chi connectivity index (χ0) is 20.1. The van der Waals surface area contributed by atoms with Crippen LogP contribution in [0.2, 0.25) is 0 Å². The molecule has 0 unspecified atom stereocenters. The SMILES string of the molecule is COc1cccc(-c2nc(CSCC(=O)N[C@@H]3CCC[C@@H](C)[C@@H]3C)c(C)o2)c1. The molecule has 0 spiro atoms. The number of carbonyl (C=O) groups excluding carboxylic acids is 1. The van der Waals surface area contributed by atoms with Crippen LogP contribution in [-0.4, -0.2) is 29.8 Å². The molecule has 28 heavy (non-hydrogen) atoms. The van der Waals surface area contributed by atoms with Gasteiger partial charge in [0, 0.05) is 17.4 Å². The number of methoxy groups -OCH3 is 1. The van der Waals surface area contributed by atoms with E-state index in [0.29, 0.717) is 35.3 Å². The van der Waals surface area contributed by atoms with Gasteiger partial charge in [-0.05, 0) is 43.4 Å². The average molecular weight is 403 g/mol. The molecule has 152 valence electrons. The number of carbonyl (C=O) groups is 1. The van der Waals surface area contributed by atoms with Crippen molar-refractivity contribution < 1.29 is 13.9 Å². The van der Waals surface area contributed by atoms with Crippen LogP contribution in [0.3, 0.4) is 0 Å². The van der Waals surface area contributed by atoms with Gasteiger partial charge >= 0.3 is 0 Å². The third kappa shape index (κ3) is 5.10. The van der Waals surface area contributed by atoms with Gasteiger partial charge in [0.05, 0.1) is 18.6 Å². The van der Waals surface area contributed by atoms with Crippen LogP contribution >= 0.6 is 11.8 Å². The standard InChI is InChI=1S/C22H30N2O3S/c1-14-7-5-10-19(15(14)2)23-21(25)13-28-12-20-16(3)27-22(24-20)17-8-6-9-18(11-17)26-4/h6,8-9,11,14-15,19H,5,7,10,12-13H2,1-4H3,(H,23,25)/t14-,15+,19-/m1/s1. The molecule has 1 aliphatic rings. The van der Waals surface area contributed by atoms with E-state index in [1.54, 1.807) is 18.9 Å². The summed E-state index contributed by atoms with van der Waals surface area (Å²) in [7, 11) is 1.64. The highest BCUT2D eigenvalue weighted by molar-refractivity contribution is 7.99. The minimum Gasteiger partial charge on any atom is -0.497 e. The van der Waals surface area contributed by atoms with Gasteiger partial charge < -0.3 is 14.5 Å². The topological polar surface area (TPSA) is 64.4 Å². The van der Waals surface area contributed by atoms with Gasteiger partial charge in [-0.1, -0.05) is 32.8 Å². The monoisotopic (exact) mass is 402 g/mol. The van der Waals surface area contributed by atoms with E-state index in [0.717, 1.165) is 29.2 Å². The number of hydrogen-bond donors (Lipinski definition) is 1. The number of aromatic nitrogens is 1. The number of benzene rings is 1. The van der Waals surface area contributed by atoms with E-state index < -0.39 is 0 Å². The van der Waals surface area contributed by atoms with Crippen molar-refractivity contribution in [3.8, 4) is 17.2 Å². The smallest absolute Gasteiger partial charge is 0.230 e. The number of ether oxygens (including phenoxy) is 1. The lowest BCUT2D eigenvalue weighted by Gasteiger charge is -2.34. The number of nitrogens with one attached hydrogen (secondary N) is 1. The normalized spacial score (nSPS) is 22.1. The number of rotatable bonds is 7. The molecule has 0 radical (unpaired) electrons. The summed E-state index contributed by atoms with van der Waals surface area (Å²) in [5, 5.41) is 3.23. The third-order valence-corrected chi connectivity index (χ3v) is 6.68. The van der Waals surface area contributed by atoms with Gasteiger partial charge in [0.15, 0.2) is 0 Å². The van der Waals surface area contributed by atoms with Gasteiger partial charge in [-0.25, -0.2) is 4.98 Å². The van der Waals surface area contributed by atoms with Gasteiger partial charge in [0.1, 0.15) is 11.5 Å². The summed E-state index contributed by atoms with van der Waals surface area (Å²) in [6, 6.07) is 7.97. The van der Waals surface area contributed by atoms with Gasteiger partial charge in [-0.3, -0.25) is 4.79 Å². The molecular weight excluding hydrogens is 372 g/mol. The van der Waals surface area contributed by atoms with Crippen molar-refractivity contribution >= 4 is 17.7 Å². The van der Waals surface area contributed by atoms with Gasteiger partial charge in [0.2, 0.25) is 11.8 Å². The van der Waals surface area contributed by atoms with E-state index in [1.165, 1.54) is 12.8 Å². The Bertz CT molecular complexity index is 805. The van der Waals surface area contributed by atoms with Crippen LogP contribution in [0.1, 0.15) is 44.6 Å². The van der Waals surface area contributed by atoms with Crippen LogP contribution < -0.4 is 10.1 Å². The molecule has 1 amide bonds.